The summed E-state index contributed by atoms with van der Waals surface area (Å²) in [5, 5.41) is 10.8. The van der Waals surface area contributed by atoms with E-state index in [2.05, 4.69) is 40.3 Å². The third-order valence-corrected chi connectivity index (χ3v) is 3.55. The van der Waals surface area contributed by atoms with Gasteiger partial charge in [0, 0.05) is 20.1 Å². The van der Waals surface area contributed by atoms with Crippen LogP contribution in [-0.2, 0) is 0 Å². The van der Waals surface area contributed by atoms with Gasteiger partial charge in [0.05, 0.1) is 0 Å². The highest BCUT2D eigenvalue weighted by Crippen LogP contribution is 2.24. The Balaban J connectivity index is 1.88. The Morgan fingerprint density at radius 2 is 2.11 bits per heavy atom. The van der Waals surface area contributed by atoms with Crippen molar-refractivity contribution in [3.63, 3.8) is 0 Å². The fraction of sp³-hybridized carbons (Fsp3) is 0.500. The van der Waals surface area contributed by atoms with Gasteiger partial charge in [-0.25, -0.2) is 4.98 Å². The minimum Gasteiger partial charge on any atom is -0.357 e. The van der Waals surface area contributed by atoms with E-state index in [1.165, 1.54) is 30.9 Å². The number of aromatic amines is 1. The summed E-state index contributed by atoms with van der Waals surface area (Å²) in [6, 6.07) is 0. The fourth-order valence-electron chi connectivity index (χ4n) is 1.89. The van der Waals surface area contributed by atoms with Crippen LogP contribution in [0.2, 0.25) is 0 Å². The third-order valence-electron chi connectivity index (χ3n) is 2.80. The fourth-order valence-corrected chi connectivity index (χ4v) is 2.52. The highest BCUT2D eigenvalue weighted by atomic mass is 32.2. The van der Waals surface area contributed by atoms with Crippen molar-refractivity contribution in [1.82, 2.24) is 30.1 Å². The summed E-state index contributed by atoms with van der Waals surface area (Å²) >= 11 is 1.34. The molecule has 0 spiro atoms. The molecule has 0 unspecified atom stereocenters. The first kappa shape index (κ1) is 12.2. The molecule has 2 aromatic rings. The van der Waals surface area contributed by atoms with Crippen molar-refractivity contribution in [1.29, 1.82) is 0 Å². The van der Waals surface area contributed by atoms with Crippen LogP contribution >= 0.6 is 11.8 Å². The molecule has 1 saturated heterocycles. The lowest BCUT2D eigenvalue weighted by molar-refractivity contribution is 0.827. The van der Waals surface area contributed by atoms with Crippen LogP contribution in [0, 0.1) is 0 Å². The summed E-state index contributed by atoms with van der Waals surface area (Å²) in [5.74, 6) is 1.29. The topological polar surface area (TPSA) is 95.5 Å². The van der Waals surface area contributed by atoms with Gasteiger partial charge in [0.2, 0.25) is 17.1 Å². The molecule has 2 N–H and O–H groups in total. The zero-order valence-electron chi connectivity index (χ0n) is 10.5. The SMILES string of the molecule is CNc1nc(Sc2ncn[nH]2)nc(N2CCCC2)n1. The number of hydrogen-bond acceptors (Lipinski definition) is 8. The number of anilines is 2. The Hall–Kier alpha value is -1.90. The molecule has 100 valence electrons. The highest BCUT2D eigenvalue weighted by molar-refractivity contribution is 7.99. The number of hydrogen-bond donors (Lipinski definition) is 2. The molecule has 1 fully saturated rings. The van der Waals surface area contributed by atoms with E-state index in [9.17, 15) is 0 Å². The smallest absolute Gasteiger partial charge is 0.231 e. The Bertz CT molecular complexity index is 536. The summed E-state index contributed by atoms with van der Waals surface area (Å²) in [4.78, 5) is 19.4. The molecule has 3 heterocycles. The molecule has 2 aromatic heterocycles. The van der Waals surface area contributed by atoms with Gasteiger partial charge < -0.3 is 10.2 Å². The first-order valence-electron chi connectivity index (χ1n) is 6.07. The van der Waals surface area contributed by atoms with E-state index in [1.54, 1.807) is 7.05 Å². The second-order valence-electron chi connectivity index (χ2n) is 4.08. The van der Waals surface area contributed by atoms with E-state index in [-0.39, 0.29) is 0 Å². The third kappa shape index (κ3) is 2.75. The summed E-state index contributed by atoms with van der Waals surface area (Å²) < 4.78 is 0. The summed E-state index contributed by atoms with van der Waals surface area (Å²) in [7, 11) is 1.80. The quantitative estimate of drug-likeness (QED) is 0.847. The molecular weight excluding hydrogens is 264 g/mol. The molecule has 0 amide bonds. The van der Waals surface area contributed by atoms with E-state index in [0.717, 1.165) is 19.0 Å². The summed E-state index contributed by atoms with van der Waals surface area (Å²) in [5.41, 5.74) is 0. The van der Waals surface area contributed by atoms with Crippen LogP contribution < -0.4 is 10.2 Å². The van der Waals surface area contributed by atoms with Crippen molar-refractivity contribution < 1.29 is 0 Å². The number of nitrogens with zero attached hydrogens (tertiary/aromatic N) is 6. The zero-order valence-corrected chi connectivity index (χ0v) is 11.3. The van der Waals surface area contributed by atoms with Crippen molar-refractivity contribution in [2.24, 2.45) is 0 Å². The Kier molecular flexibility index (Phi) is 3.45. The standard InChI is InChI=1S/C10H14N8S/c1-11-7-14-8(18-4-2-3-5-18)16-10(15-7)19-9-12-6-13-17-9/h6H,2-5H2,1H3,(H,12,13,17)(H,11,14,15,16). The number of H-pyrrole nitrogens is 1. The van der Waals surface area contributed by atoms with Crippen molar-refractivity contribution in [3.8, 4) is 0 Å². The van der Waals surface area contributed by atoms with Crippen LogP contribution in [-0.4, -0.2) is 50.3 Å². The maximum atomic E-state index is 4.48. The number of aromatic nitrogens is 6. The predicted octanol–water partition coefficient (Wildman–Crippen LogP) is 0.783. The minimum atomic E-state index is 0.568. The summed E-state index contributed by atoms with van der Waals surface area (Å²) in [6.45, 7) is 2.00. The van der Waals surface area contributed by atoms with Crippen molar-refractivity contribution in [2.45, 2.75) is 23.2 Å². The maximum absolute atomic E-state index is 4.48. The van der Waals surface area contributed by atoms with E-state index < -0.39 is 0 Å². The van der Waals surface area contributed by atoms with E-state index in [4.69, 9.17) is 0 Å². The van der Waals surface area contributed by atoms with Gasteiger partial charge in [0.25, 0.3) is 0 Å². The van der Waals surface area contributed by atoms with Gasteiger partial charge in [0.15, 0.2) is 5.16 Å². The zero-order chi connectivity index (χ0) is 13.1. The summed E-state index contributed by atoms with van der Waals surface area (Å²) in [6.07, 6.45) is 3.83. The van der Waals surface area contributed by atoms with Crippen LogP contribution in [0.3, 0.4) is 0 Å². The predicted molar refractivity (Wildman–Crippen MR) is 71.3 cm³/mol. The van der Waals surface area contributed by atoms with Crippen LogP contribution in [0.4, 0.5) is 11.9 Å². The lowest BCUT2D eigenvalue weighted by Gasteiger charge is -2.15. The van der Waals surface area contributed by atoms with E-state index in [1.807, 2.05) is 0 Å². The second-order valence-corrected chi connectivity index (χ2v) is 5.03. The largest absolute Gasteiger partial charge is 0.357 e. The molecule has 0 aliphatic carbocycles. The number of rotatable bonds is 4. The second kappa shape index (κ2) is 5.39. The normalized spacial score (nSPS) is 14.9. The Labute approximate surface area is 114 Å². The van der Waals surface area contributed by atoms with Gasteiger partial charge in [0.1, 0.15) is 6.33 Å². The maximum Gasteiger partial charge on any atom is 0.231 e. The van der Waals surface area contributed by atoms with Gasteiger partial charge in [-0.1, -0.05) is 0 Å². The Morgan fingerprint density at radius 3 is 2.79 bits per heavy atom. The molecule has 1 aliphatic heterocycles. The molecule has 0 atom stereocenters. The van der Waals surface area contributed by atoms with Crippen LogP contribution in [0.1, 0.15) is 12.8 Å². The first-order valence-corrected chi connectivity index (χ1v) is 6.89. The molecule has 9 heteroatoms. The molecule has 0 bridgehead atoms. The first-order chi connectivity index (χ1) is 9.35. The molecule has 0 saturated carbocycles. The van der Waals surface area contributed by atoms with Crippen LogP contribution in [0.5, 0.6) is 0 Å². The molecular formula is C10H14N8S. The van der Waals surface area contributed by atoms with Gasteiger partial charge in [-0.05, 0) is 24.6 Å². The highest BCUT2D eigenvalue weighted by Gasteiger charge is 2.17. The van der Waals surface area contributed by atoms with Crippen LogP contribution in [0.15, 0.2) is 16.6 Å². The Morgan fingerprint density at radius 1 is 1.26 bits per heavy atom. The van der Waals surface area contributed by atoms with E-state index >= 15 is 0 Å². The average Bonchev–Trinajstić information content (AvgIpc) is 3.11. The van der Waals surface area contributed by atoms with Gasteiger partial charge >= 0.3 is 0 Å². The monoisotopic (exact) mass is 278 g/mol. The van der Waals surface area contributed by atoms with Gasteiger partial charge in [-0.15, -0.1) is 0 Å². The molecule has 0 aromatic carbocycles. The van der Waals surface area contributed by atoms with Crippen molar-refractivity contribution in [2.75, 3.05) is 30.4 Å². The van der Waals surface area contributed by atoms with Crippen molar-refractivity contribution in [3.05, 3.63) is 6.33 Å². The lowest BCUT2D eigenvalue weighted by Crippen LogP contribution is -2.21. The molecule has 8 nitrogen and oxygen atoms in total. The van der Waals surface area contributed by atoms with E-state index in [0.29, 0.717) is 16.3 Å². The number of nitrogens with one attached hydrogen (secondary N) is 2. The molecule has 1 aliphatic rings. The van der Waals surface area contributed by atoms with Crippen molar-refractivity contribution >= 4 is 23.7 Å². The molecule has 3 rings (SSSR count). The lowest BCUT2D eigenvalue weighted by atomic mass is 10.4. The average molecular weight is 278 g/mol. The van der Waals surface area contributed by atoms with Gasteiger partial charge in [-0.3, -0.25) is 5.10 Å². The molecule has 0 radical (unpaired) electrons. The molecule has 19 heavy (non-hydrogen) atoms. The van der Waals surface area contributed by atoms with Gasteiger partial charge in [-0.2, -0.15) is 20.1 Å². The van der Waals surface area contributed by atoms with Crippen LogP contribution in [0.25, 0.3) is 0 Å². The minimum absolute atomic E-state index is 0.568.